The average molecular weight is 1380 g/mol. The fourth-order valence-corrected chi connectivity index (χ4v) is 22.8. The van der Waals surface area contributed by atoms with Gasteiger partial charge in [-0.05, 0) is 210 Å². The van der Waals surface area contributed by atoms with Gasteiger partial charge in [-0.25, -0.2) is 0 Å². The quantitative estimate of drug-likeness (QED) is 0.163. The molecule has 26 rings (SSSR count). The van der Waals surface area contributed by atoms with Crippen molar-refractivity contribution in [2.24, 2.45) is 0 Å². The van der Waals surface area contributed by atoms with Gasteiger partial charge in [-0.1, -0.05) is 322 Å². The van der Waals surface area contributed by atoms with Gasteiger partial charge in [0.25, 0.3) is 6.71 Å². The smallest absolute Gasteiger partial charge is 0.252 e. The Morgan fingerprint density at radius 2 is 0.587 bits per heavy atom. The van der Waals surface area contributed by atoms with Gasteiger partial charge in [-0.2, -0.15) is 0 Å². The minimum atomic E-state index is -0.619. The van der Waals surface area contributed by atoms with E-state index in [9.17, 15) is 0 Å². The Bertz CT molecular complexity index is 6980. The van der Waals surface area contributed by atoms with Crippen molar-refractivity contribution < 1.29 is 0 Å². The molecular formula is C105H62BN3. The first-order valence-corrected chi connectivity index (χ1v) is 38.4. The van der Waals surface area contributed by atoms with Gasteiger partial charge in [0, 0.05) is 44.8 Å². The summed E-state index contributed by atoms with van der Waals surface area (Å²) in [6.45, 7) is -0.260. The molecule has 0 saturated heterocycles. The molecule has 3 heterocycles. The maximum atomic E-state index is 2.74. The summed E-state index contributed by atoms with van der Waals surface area (Å²) >= 11 is 0. The summed E-state index contributed by atoms with van der Waals surface area (Å²) in [4.78, 5) is 5.47. The van der Waals surface area contributed by atoms with E-state index < -0.39 is 16.2 Å². The standard InChI is InChI=1S/C105H62BN3/c1-2-27-63(28-3-1)64-53-56-96-92(57-64)106-93-61-79-74-36-11-22-47-87(74)105(84-44-19-8-33-71(84)72-34-9-20-45-85(72)105)91(79)62-98(93)107(65-54-55-89-78(58-65)73-35-10-21-46-86(73)103(89)80-40-15-4-29-67(80)68-30-5-16-41-81(68)103)99-59-66(108-94-50-24-13-37-75(94)76-38-14-25-51-95(76)108)60-100(102(99)106)109(96)97-52-26-49-90-101(97)77-39-12-23-48-88(77)104(90)82-42-17-6-31-69(82)70-32-7-18-43-83(70)104/h1-62H. The first-order valence-electron chi connectivity index (χ1n) is 38.4. The average Bonchev–Trinajstić information content (AvgIpc) is 1.54. The topological polar surface area (TPSA) is 11.4 Å². The number of aromatic nitrogens is 1. The molecule has 3 spiro atoms. The van der Waals surface area contributed by atoms with Gasteiger partial charge in [0.15, 0.2) is 0 Å². The van der Waals surface area contributed by atoms with E-state index in [1.807, 2.05) is 0 Å². The second kappa shape index (κ2) is 20.8. The fraction of sp³-hybridized carbons (Fsp3) is 0.0286. The zero-order valence-electron chi connectivity index (χ0n) is 59.2. The fourth-order valence-electron chi connectivity index (χ4n) is 22.8. The number of para-hydroxylation sites is 2. The first kappa shape index (κ1) is 58.5. The molecule has 0 fully saturated rings. The van der Waals surface area contributed by atoms with Crippen molar-refractivity contribution in [3.05, 3.63) is 443 Å². The van der Waals surface area contributed by atoms with Crippen LogP contribution >= 0.6 is 0 Å². The Labute approximate surface area is 631 Å². The van der Waals surface area contributed by atoms with Crippen molar-refractivity contribution in [3.63, 3.8) is 0 Å². The number of benzene rings is 17. The Morgan fingerprint density at radius 1 is 0.202 bits per heavy atom. The van der Waals surface area contributed by atoms with E-state index in [2.05, 4.69) is 390 Å². The SMILES string of the molecule is c1ccc(-c2ccc3c(c2)B2c4cc5c(cc4N(c4ccc6c(c4)-c4ccccc4C64c6ccccc6-c6ccccc64)c4cc(-n6c7ccccc7c7ccccc76)cc(c42)N3c2cccc3c2-c2ccccc2C32c3ccccc3-c3ccccc32)C2(c3ccccc3-c3ccccc32)c2ccccc2-5)cc1. The number of nitrogens with zero attached hydrogens (tertiary/aromatic N) is 3. The summed E-state index contributed by atoms with van der Waals surface area (Å²) in [5, 5.41) is 2.44. The maximum absolute atomic E-state index is 2.74. The highest BCUT2D eigenvalue weighted by molar-refractivity contribution is 7.00. The lowest BCUT2D eigenvalue weighted by atomic mass is 9.33. The van der Waals surface area contributed by atoms with Crippen LogP contribution in [-0.4, -0.2) is 11.3 Å². The van der Waals surface area contributed by atoms with E-state index in [-0.39, 0.29) is 6.71 Å². The predicted octanol–water partition coefficient (Wildman–Crippen LogP) is 23.6. The largest absolute Gasteiger partial charge is 0.311 e. The Balaban J connectivity index is 0.827. The van der Waals surface area contributed by atoms with Gasteiger partial charge in [0.1, 0.15) is 0 Å². The Morgan fingerprint density at radius 3 is 1.10 bits per heavy atom. The van der Waals surface area contributed by atoms with Gasteiger partial charge >= 0.3 is 0 Å². The van der Waals surface area contributed by atoms with Crippen LogP contribution in [0, 0.1) is 0 Å². The molecule has 8 aliphatic rings. The summed E-state index contributed by atoms with van der Waals surface area (Å²) in [6.07, 6.45) is 0. The molecular weight excluding hydrogens is 1310 g/mol. The lowest BCUT2D eigenvalue weighted by Crippen LogP contribution is -2.61. The molecule has 4 heteroatoms. The van der Waals surface area contributed by atoms with E-state index in [4.69, 9.17) is 0 Å². The number of anilines is 6. The molecule has 0 radical (unpaired) electrons. The van der Waals surface area contributed by atoms with Gasteiger partial charge in [0.05, 0.1) is 38.7 Å². The van der Waals surface area contributed by atoms with E-state index in [0.717, 1.165) is 45.2 Å². The Kier molecular flexibility index (Phi) is 11.2. The second-order valence-corrected chi connectivity index (χ2v) is 31.1. The summed E-state index contributed by atoms with van der Waals surface area (Å²) in [6, 6.07) is 146. The molecule has 0 atom stereocenters. The van der Waals surface area contributed by atoms with Crippen LogP contribution in [0.5, 0.6) is 0 Å². The number of rotatable bonds is 4. The molecule has 0 amide bonds. The van der Waals surface area contributed by atoms with Crippen molar-refractivity contribution in [2.45, 2.75) is 16.2 Å². The molecule has 0 unspecified atom stereocenters. The van der Waals surface area contributed by atoms with E-state index >= 15 is 0 Å². The normalized spacial score (nSPS) is 15.0. The summed E-state index contributed by atoms with van der Waals surface area (Å²) in [5.41, 5.74) is 45.9. The second-order valence-electron chi connectivity index (χ2n) is 31.1. The third-order valence-electron chi connectivity index (χ3n) is 26.6. The molecule has 3 nitrogen and oxygen atoms in total. The van der Waals surface area contributed by atoms with Crippen molar-refractivity contribution in [3.8, 4) is 83.6 Å². The highest BCUT2D eigenvalue weighted by Crippen LogP contribution is 2.68. The third kappa shape index (κ3) is 6.96. The molecule has 6 aliphatic carbocycles. The van der Waals surface area contributed by atoms with Crippen molar-refractivity contribution in [1.29, 1.82) is 0 Å². The number of hydrogen-bond donors (Lipinski definition) is 0. The molecule has 0 N–H and O–H groups in total. The summed E-state index contributed by atoms with van der Waals surface area (Å²) in [7, 11) is 0. The van der Waals surface area contributed by atoms with Crippen LogP contribution in [0.1, 0.15) is 66.8 Å². The summed E-state index contributed by atoms with van der Waals surface area (Å²) in [5.74, 6) is 0. The predicted molar refractivity (Wildman–Crippen MR) is 449 cm³/mol. The van der Waals surface area contributed by atoms with Gasteiger partial charge < -0.3 is 14.4 Å². The highest BCUT2D eigenvalue weighted by atomic mass is 15.2. The molecule has 2 aliphatic heterocycles. The van der Waals surface area contributed by atoms with Crippen molar-refractivity contribution in [1.82, 2.24) is 4.57 Å². The minimum Gasteiger partial charge on any atom is -0.311 e. The number of fused-ring (bicyclic) bond motifs is 37. The zero-order valence-corrected chi connectivity index (χ0v) is 59.2. The molecule has 500 valence electrons. The molecule has 0 saturated carbocycles. The molecule has 1 aromatic heterocycles. The maximum Gasteiger partial charge on any atom is 0.252 e. The monoisotopic (exact) mass is 1380 g/mol. The van der Waals surface area contributed by atoms with Crippen LogP contribution in [0.3, 0.4) is 0 Å². The zero-order chi connectivity index (χ0) is 70.7. The van der Waals surface area contributed by atoms with Crippen LogP contribution in [0.4, 0.5) is 34.1 Å². The highest BCUT2D eigenvalue weighted by Gasteiger charge is 2.57. The van der Waals surface area contributed by atoms with E-state index in [1.165, 1.54) is 177 Å². The van der Waals surface area contributed by atoms with Gasteiger partial charge in [-0.15, -0.1) is 0 Å². The lowest BCUT2D eigenvalue weighted by Gasteiger charge is -2.45. The van der Waals surface area contributed by atoms with Crippen LogP contribution in [0.25, 0.3) is 105 Å². The van der Waals surface area contributed by atoms with Crippen LogP contribution < -0.4 is 26.2 Å². The first-order chi connectivity index (χ1) is 54.1. The summed E-state index contributed by atoms with van der Waals surface area (Å²) < 4.78 is 2.57. The number of hydrogen-bond acceptors (Lipinski definition) is 2. The lowest BCUT2D eigenvalue weighted by molar-refractivity contribution is 0.793. The van der Waals surface area contributed by atoms with Gasteiger partial charge in [0.2, 0.25) is 0 Å². The van der Waals surface area contributed by atoms with Gasteiger partial charge in [-0.3, -0.25) is 0 Å². The minimum absolute atomic E-state index is 0.260. The van der Waals surface area contributed by atoms with Crippen molar-refractivity contribution in [2.75, 3.05) is 9.80 Å². The van der Waals surface area contributed by atoms with Crippen molar-refractivity contribution >= 4 is 79.0 Å². The molecule has 0 bridgehead atoms. The van der Waals surface area contributed by atoms with E-state index in [0.29, 0.717) is 0 Å². The van der Waals surface area contributed by atoms with E-state index in [1.54, 1.807) is 0 Å². The molecule has 17 aromatic carbocycles. The molecule has 18 aromatic rings. The van der Waals surface area contributed by atoms with Crippen LogP contribution in [0.15, 0.2) is 376 Å². The molecule has 109 heavy (non-hydrogen) atoms. The van der Waals surface area contributed by atoms with Crippen LogP contribution in [-0.2, 0) is 16.2 Å². The van der Waals surface area contributed by atoms with Crippen LogP contribution in [0.2, 0.25) is 0 Å². The Hall–Kier alpha value is -13.8. The third-order valence-corrected chi connectivity index (χ3v) is 26.6.